The van der Waals surface area contributed by atoms with Crippen molar-refractivity contribution in [1.82, 2.24) is 5.32 Å². The molecule has 0 aromatic heterocycles. The van der Waals surface area contributed by atoms with E-state index >= 15 is 0 Å². The van der Waals surface area contributed by atoms with Crippen molar-refractivity contribution in [2.24, 2.45) is 0 Å². The minimum absolute atomic E-state index is 0.0635. The smallest absolute Gasteiger partial charge is 0.253 e. The fourth-order valence-corrected chi connectivity index (χ4v) is 2.75. The molecule has 1 amide bonds. The van der Waals surface area contributed by atoms with E-state index in [2.05, 4.69) is 21.2 Å². The largest absolute Gasteiger partial charge is 0.491 e. The minimum atomic E-state index is -0.562. The molecule has 0 fully saturated rings. The normalized spacial score (nSPS) is 16.2. The molecule has 1 unspecified atom stereocenters. The zero-order chi connectivity index (χ0) is 15.0. The number of halogens is 2. The van der Waals surface area contributed by atoms with Gasteiger partial charge in [0.1, 0.15) is 18.2 Å². The molecular formula is C15H12BrFN2O2. The number of ether oxygens (including phenoxy) is 1. The van der Waals surface area contributed by atoms with Crippen LogP contribution < -0.4 is 15.8 Å². The summed E-state index contributed by atoms with van der Waals surface area (Å²) in [5.41, 5.74) is 6.67. The van der Waals surface area contributed by atoms with Gasteiger partial charge in [-0.25, -0.2) is 4.39 Å². The molecule has 0 saturated carbocycles. The maximum Gasteiger partial charge on any atom is 0.253 e. The van der Waals surface area contributed by atoms with Gasteiger partial charge in [0, 0.05) is 10.0 Å². The highest BCUT2D eigenvalue weighted by molar-refractivity contribution is 9.10. The third kappa shape index (κ3) is 2.58. The molecule has 0 spiro atoms. The number of rotatable bonds is 2. The topological polar surface area (TPSA) is 64.4 Å². The first-order valence-electron chi connectivity index (χ1n) is 6.33. The molecule has 3 N–H and O–H groups in total. The SMILES string of the molecule is Nc1cc(C(=O)NC2COc3ccccc32)c(Br)cc1F. The van der Waals surface area contributed by atoms with Gasteiger partial charge in [-0.3, -0.25) is 4.79 Å². The summed E-state index contributed by atoms with van der Waals surface area (Å²) >= 11 is 3.18. The summed E-state index contributed by atoms with van der Waals surface area (Å²) in [7, 11) is 0. The van der Waals surface area contributed by atoms with E-state index in [1.54, 1.807) is 0 Å². The van der Waals surface area contributed by atoms with Crippen LogP contribution in [0.4, 0.5) is 10.1 Å². The summed E-state index contributed by atoms with van der Waals surface area (Å²) in [6, 6.07) is 9.79. The molecule has 1 heterocycles. The number of nitrogen functional groups attached to an aromatic ring is 1. The van der Waals surface area contributed by atoms with Crippen LogP contribution in [0, 0.1) is 5.82 Å². The lowest BCUT2D eigenvalue weighted by atomic mass is 10.1. The summed E-state index contributed by atoms with van der Waals surface area (Å²) in [6.07, 6.45) is 0. The third-order valence-electron chi connectivity index (χ3n) is 3.34. The lowest BCUT2D eigenvalue weighted by molar-refractivity contribution is 0.0929. The maximum absolute atomic E-state index is 13.3. The van der Waals surface area contributed by atoms with E-state index in [1.807, 2.05) is 24.3 Å². The van der Waals surface area contributed by atoms with Gasteiger partial charge in [0.2, 0.25) is 0 Å². The molecule has 2 aromatic carbocycles. The van der Waals surface area contributed by atoms with Crippen LogP contribution in [0.15, 0.2) is 40.9 Å². The van der Waals surface area contributed by atoms with E-state index in [4.69, 9.17) is 10.5 Å². The molecule has 0 radical (unpaired) electrons. The number of fused-ring (bicyclic) bond motifs is 1. The molecule has 3 rings (SSSR count). The molecular weight excluding hydrogens is 339 g/mol. The van der Waals surface area contributed by atoms with Gasteiger partial charge in [-0.1, -0.05) is 18.2 Å². The number of amides is 1. The van der Waals surface area contributed by atoms with Gasteiger partial charge in [-0.05, 0) is 34.1 Å². The molecule has 21 heavy (non-hydrogen) atoms. The van der Waals surface area contributed by atoms with E-state index in [0.29, 0.717) is 16.6 Å². The average molecular weight is 351 g/mol. The number of hydrogen-bond donors (Lipinski definition) is 2. The Hall–Kier alpha value is -2.08. The molecule has 1 aliphatic rings. The molecule has 2 aromatic rings. The Morgan fingerprint density at radius 3 is 2.95 bits per heavy atom. The van der Waals surface area contributed by atoms with Gasteiger partial charge in [0.05, 0.1) is 17.3 Å². The fourth-order valence-electron chi connectivity index (χ4n) is 2.26. The Kier molecular flexibility index (Phi) is 3.55. The number of benzene rings is 2. The molecule has 0 saturated heterocycles. The monoisotopic (exact) mass is 350 g/mol. The summed E-state index contributed by atoms with van der Waals surface area (Å²) in [6.45, 7) is 0.374. The Labute approximate surface area is 129 Å². The number of para-hydroxylation sites is 1. The van der Waals surface area contributed by atoms with Crippen molar-refractivity contribution in [2.45, 2.75) is 6.04 Å². The van der Waals surface area contributed by atoms with Crippen molar-refractivity contribution >= 4 is 27.5 Å². The zero-order valence-corrected chi connectivity index (χ0v) is 12.5. The van der Waals surface area contributed by atoms with Crippen molar-refractivity contribution in [1.29, 1.82) is 0 Å². The standard InChI is InChI=1S/C15H12BrFN2O2/c16-10-6-11(17)12(18)5-9(10)15(20)19-13-7-21-14-4-2-1-3-8(13)14/h1-6,13H,7,18H2,(H,19,20). The molecule has 6 heteroatoms. The van der Waals surface area contributed by atoms with E-state index in [9.17, 15) is 9.18 Å². The first-order chi connectivity index (χ1) is 10.1. The van der Waals surface area contributed by atoms with Gasteiger partial charge < -0.3 is 15.8 Å². The fraction of sp³-hybridized carbons (Fsp3) is 0.133. The second kappa shape index (κ2) is 5.37. The predicted molar refractivity (Wildman–Crippen MR) is 80.7 cm³/mol. The number of hydrogen-bond acceptors (Lipinski definition) is 3. The lowest BCUT2D eigenvalue weighted by Crippen LogP contribution is -2.29. The Bertz CT molecular complexity index is 721. The highest BCUT2D eigenvalue weighted by Crippen LogP contribution is 2.32. The summed E-state index contributed by atoms with van der Waals surface area (Å²) < 4.78 is 19.2. The van der Waals surface area contributed by atoms with E-state index in [0.717, 1.165) is 11.3 Å². The first kappa shape index (κ1) is 13.9. The first-order valence-corrected chi connectivity index (χ1v) is 7.12. The van der Waals surface area contributed by atoms with E-state index in [1.165, 1.54) is 12.1 Å². The quantitative estimate of drug-likeness (QED) is 0.818. The minimum Gasteiger partial charge on any atom is -0.491 e. The number of nitrogens with one attached hydrogen (secondary N) is 1. The Morgan fingerprint density at radius 1 is 1.38 bits per heavy atom. The Balaban J connectivity index is 1.84. The van der Waals surface area contributed by atoms with Gasteiger partial charge in [0.25, 0.3) is 5.91 Å². The van der Waals surface area contributed by atoms with E-state index in [-0.39, 0.29) is 17.6 Å². The molecule has 0 bridgehead atoms. The molecule has 1 aliphatic heterocycles. The van der Waals surface area contributed by atoms with Crippen molar-refractivity contribution in [3.8, 4) is 5.75 Å². The number of carbonyl (C=O) groups excluding carboxylic acids is 1. The van der Waals surface area contributed by atoms with Crippen molar-refractivity contribution in [3.63, 3.8) is 0 Å². The van der Waals surface area contributed by atoms with Gasteiger partial charge in [0.15, 0.2) is 0 Å². The van der Waals surface area contributed by atoms with Crippen LogP contribution in [-0.2, 0) is 0 Å². The molecule has 4 nitrogen and oxygen atoms in total. The number of nitrogens with two attached hydrogens (primary N) is 1. The van der Waals surface area contributed by atoms with Crippen LogP contribution in [0.1, 0.15) is 22.0 Å². The summed E-state index contributed by atoms with van der Waals surface area (Å²) in [4.78, 5) is 12.3. The van der Waals surface area contributed by atoms with Crippen LogP contribution >= 0.6 is 15.9 Å². The third-order valence-corrected chi connectivity index (χ3v) is 3.99. The Morgan fingerprint density at radius 2 is 2.14 bits per heavy atom. The summed E-state index contributed by atoms with van der Waals surface area (Å²) in [5, 5.41) is 2.87. The van der Waals surface area contributed by atoms with Crippen LogP contribution in [0.3, 0.4) is 0 Å². The van der Waals surface area contributed by atoms with Gasteiger partial charge in [-0.2, -0.15) is 0 Å². The van der Waals surface area contributed by atoms with Crippen molar-refractivity contribution in [2.75, 3.05) is 12.3 Å². The number of anilines is 1. The number of carbonyl (C=O) groups is 1. The maximum atomic E-state index is 13.3. The van der Waals surface area contributed by atoms with Crippen LogP contribution in [0.25, 0.3) is 0 Å². The van der Waals surface area contributed by atoms with E-state index < -0.39 is 5.82 Å². The van der Waals surface area contributed by atoms with Gasteiger partial charge >= 0.3 is 0 Å². The average Bonchev–Trinajstić information content (AvgIpc) is 2.86. The second-order valence-corrected chi connectivity index (χ2v) is 5.58. The molecule has 0 aliphatic carbocycles. The van der Waals surface area contributed by atoms with Crippen molar-refractivity contribution in [3.05, 3.63) is 57.8 Å². The highest BCUT2D eigenvalue weighted by atomic mass is 79.9. The zero-order valence-electron chi connectivity index (χ0n) is 10.9. The highest BCUT2D eigenvalue weighted by Gasteiger charge is 2.26. The van der Waals surface area contributed by atoms with Crippen molar-refractivity contribution < 1.29 is 13.9 Å². The van der Waals surface area contributed by atoms with Crippen LogP contribution in [0.5, 0.6) is 5.75 Å². The second-order valence-electron chi connectivity index (χ2n) is 4.73. The molecule has 108 valence electrons. The lowest BCUT2D eigenvalue weighted by Gasteiger charge is -2.13. The summed E-state index contributed by atoms with van der Waals surface area (Å²) in [5.74, 6) is -0.132. The molecule has 1 atom stereocenters. The van der Waals surface area contributed by atoms with Crippen LogP contribution in [-0.4, -0.2) is 12.5 Å². The van der Waals surface area contributed by atoms with Crippen LogP contribution in [0.2, 0.25) is 0 Å². The van der Waals surface area contributed by atoms with Gasteiger partial charge in [-0.15, -0.1) is 0 Å². The predicted octanol–water partition coefficient (Wildman–Crippen LogP) is 3.03.